The van der Waals surface area contributed by atoms with Gasteiger partial charge in [-0.25, -0.2) is 0 Å². The van der Waals surface area contributed by atoms with E-state index in [0.29, 0.717) is 5.56 Å². The van der Waals surface area contributed by atoms with E-state index >= 15 is 0 Å². The molecule has 0 saturated carbocycles. The minimum absolute atomic E-state index is 0.0970. The molecule has 1 heterocycles. The minimum atomic E-state index is -0.272. The van der Waals surface area contributed by atoms with Crippen molar-refractivity contribution in [3.63, 3.8) is 0 Å². The van der Waals surface area contributed by atoms with E-state index in [1.165, 1.54) is 21.9 Å². The Morgan fingerprint density at radius 3 is 1.67 bits per heavy atom. The number of hydrogen-bond acceptors (Lipinski definition) is 2. The van der Waals surface area contributed by atoms with Crippen molar-refractivity contribution in [2.45, 2.75) is 19.3 Å². The molecule has 11 aromatic carbocycles. The number of anilines is 6. The summed E-state index contributed by atoms with van der Waals surface area (Å²) in [6.45, 7) is 4.47. The Morgan fingerprint density at radius 2 is 0.871 bits per heavy atom. The SMILES string of the molecule is [2H]c1c([2H])c(N(c2ccccc2)c2ccc3c(c2)C(C)(C)c2ccccc2-3)c([2H])c([2H])c1-c1ccc2cc(N(c3ccc(-c4ccccc4)cc3)c3ccc4c5ccccc5n(-c5ccccc5)c4c3)ccc2c1. The zero-order valence-corrected chi connectivity index (χ0v) is 38.9. The number of aromatic nitrogens is 1. The van der Waals surface area contributed by atoms with Crippen LogP contribution in [0.3, 0.4) is 0 Å². The molecule has 70 heavy (non-hydrogen) atoms. The predicted molar refractivity (Wildman–Crippen MR) is 296 cm³/mol. The summed E-state index contributed by atoms with van der Waals surface area (Å²) in [5, 5.41) is 4.25. The van der Waals surface area contributed by atoms with E-state index in [-0.39, 0.29) is 40.8 Å². The first kappa shape index (κ1) is 37.1. The Hall–Kier alpha value is -8.92. The molecule has 0 bridgehead atoms. The average molecular weight is 900 g/mol. The third kappa shape index (κ3) is 6.97. The smallest absolute Gasteiger partial charge is 0.0645 e. The van der Waals surface area contributed by atoms with Crippen LogP contribution in [0.1, 0.15) is 30.5 Å². The fraction of sp³-hybridized carbons (Fsp3) is 0.0448. The molecule has 0 atom stereocenters. The number of benzene rings is 11. The van der Waals surface area contributed by atoms with Crippen LogP contribution in [0.25, 0.3) is 71.6 Å². The molecular formula is C67H49N3. The van der Waals surface area contributed by atoms with Gasteiger partial charge < -0.3 is 14.4 Å². The highest BCUT2D eigenvalue weighted by molar-refractivity contribution is 6.10. The van der Waals surface area contributed by atoms with Gasteiger partial charge in [0.15, 0.2) is 0 Å². The summed E-state index contributed by atoms with van der Waals surface area (Å²) < 4.78 is 40.9. The molecule has 0 radical (unpaired) electrons. The second kappa shape index (κ2) is 16.7. The maximum Gasteiger partial charge on any atom is 0.0645 e. The molecule has 3 nitrogen and oxygen atoms in total. The van der Waals surface area contributed by atoms with Gasteiger partial charge in [-0.3, -0.25) is 0 Å². The van der Waals surface area contributed by atoms with E-state index in [2.05, 4.69) is 199 Å². The quantitative estimate of drug-likeness (QED) is 0.143. The van der Waals surface area contributed by atoms with Crippen LogP contribution in [-0.4, -0.2) is 4.57 Å². The number of para-hydroxylation sites is 3. The monoisotopic (exact) mass is 899 g/mol. The first-order valence-corrected chi connectivity index (χ1v) is 23.9. The van der Waals surface area contributed by atoms with Gasteiger partial charge in [0.25, 0.3) is 0 Å². The van der Waals surface area contributed by atoms with Crippen LogP contribution < -0.4 is 9.80 Å². The fourth-order valence-electron chi connectivity index (χ4n) is 10.7. The first-order chi connectivity index (χ1) is 36.1. The Morgan fingerprint density at radius 1 is 0.343 bits per heavy atom. The van der Waals surface area contributed by atoms with Gasteiger partial charge in [-0.15, -0.1) is 0 Å². The van der Waals surface area contributed by atoms with Crippen molar-refractivity contribution in [3.05, 3.63) is 272 Å². The summed E-state index contributed by atoms with van der Waals surface area (Å²) in [5.74, 6) is 0. The van der Waals surface area contributed by atoms with Gasteiger partial charge in [-0.2, -0.15) is 0 Å². The van der Waals surface area contributed by atoms with E-state index in [0.717, 1.165) is 78.2 Å². The molecule has 1 aliphatic carbocycles. The Balaban J connectivity index is 0.914. The Labute approximate surface area is 415 Å². The lowest BCUT2D eigenvalue weighted by molar-refractivity contribution is 0.660. The number of hydrogen-bond donors (Lipinski definition) is 0. The van der Waals surface area contributed by atoms with Crippen molar-refractivity contribution in [2.24, 2.45) is 0 Å². The van der Waals surface area contributed by atoms with Crippen molar-refractivity contribution in [1.82, 2.24) is 4.57 Å². The molecule has 0 unspecified atom stereocenters. The molecule has 0 fully saturated rings. The second-order valence-corrected chi connectivity index (χ2v) is 18.7. The van der Waals surface area contributed by atoms with E-state index in [1.54, 1.807) is 0 Å². The largest absolute Gasteiger partial charge is 0.310 e. The summed E-state index contributed by atoms with van der Waals surface area (Å²) in [4.78, 5) is 4.18. The van der Waals surface area contributed by atoms with Gasteiger partial charge in [-0.05, 0) is 152 Å². The summed E-state index contributed by atoms with van der Waals surface area (Å²) >= 11 is 0. The molecule has 1 aromatic heterocycles. The predicted octanol–water partition coefficient (Wildman–Crippen LogP) is 18.5. The van der Waals surface area contributed by atoms with Crippen LogP contribution in [-0.2, 0) is 5.41 Å². The number of nitrogens with zero attached hydrogens (tertiary/aromatic N) is 3. The Kier molecular flexibility index (Phi) is 8.85. The van der Waals surface area contributed by atoms with Gasteiger partial charge in [0.2, 0.25) is 0 Å². The highest BCUT2D eigenvalue weighted by Gasteiger charge is 2.35. The maximum atomic E-state index is 9.66. The average Bonchev–Trinajstić information content (AvgIpc) is 3.91. The lowest BCUT2D eigenvalue weighted by atomic mass is 9.82. The molecule has 3 heteroatoms. The molecular weight excluding hydrogens is 847 g/mol. The van der Waals surface area contributed by atoms with E-state index in [1.807, 2.05) is 65.6 Å². The third-order valence-corrected chi connectivity index (χ3v) is 14.2. The maximum absolute atomic E-state index is 9.66. The van der Waals surface area contributed by atoms with Crippen molar-refractivity contribution >= 4 is 66.7 Å². The zero-order chi connectivity index (χ0) is 50.2. The molecule has 0 aliphatic heterocycles. The molecule has 0 N–H and O–H groups in total. The van der Waals surface area contributed by atoms with Gasteiger partial charge in [0.05, 0.1) is 16.5 Å². The van der Waals surface area contributed by atoms with Gasteiger partial charge in [0, 0.05) is 56.0 Å². The first-order valence-electron chi connectivity index (χ1n) is 25.9. The van der Waals surface area contributed by atoms with Crippen LogP contribution >= 0.6 is 0 Å². The van der Waals surface area contributed by atoms with Crippen molar-refractivity contribution in [2.75, 3.05) is 9.80 Å². The van der Waals surface area contributed by atoms with Gasteiger partial charge in [0.1, 0.15) is 0 Å². The number of fused-ring (bicyclic) bond motifs is 7. The lowest BCUT2D eigenvalue weighted by Crippen LogP contribution is -2.16. The Bertz CT molecular complexity index is 4120. The minimum Gasteiger partial charge on any atom is -0.310 e. The molecule has 0 spiro atoms. The summed E-state index contributed by atoms with van der Waals surface area (Å²) in [6, 6.07) is 81.5. The van der Waals surface area contributed by atoms with Crippen LogP contribution in [0.15, 0.2) is 261 Å². The summed E-state index contributed by atoms with van der Waals surface area (Å²) in [7, 11) is 0. The van der Waals surface area contributed by atoms with Crippen LogP contribution in [0.4, 0.5) is 34.1 Å². The summed E-state index contributed by atoms with van der Waals surface area (Å²) in [5.41, 5.74) is 15.7. The van der Waals surface area contributed by atoms with Crippen LogP contribution in [0, 0.1) is 0 Å². The van der Waals surface area contributed by atoms with Crippen molar-refractivity contribution in [1.29, 1.82) is 0 Å². The fourth-order valence-corrected chi connectivity index (χ4v) is 10.7. The van der Waals surface area contributed by atoms with E-state index in [9.17, 15) is 5.48 Å². The topological polar surface area (TPSA) is 11.4 Å². The van der Waals surface area contributed by atoms with Crippen LogP contribution in [0.2, 0.25) is 0 Å². The highest BCUT2D eigenvalue weighted by atomic mass is 15.1. The molecule has 0 saturated heterocycles. The van der Waals surface area contributed by atoms with Gasteiger partial charge >= 0.3 is 0 Å². The van der Waals surface area contributed by atoms with Crippen molar-refractivity contribution in [3.8, 4) is 39.1 Å². The molecule has 0 amide bonds. The zero-order valence-electron chi connectivity index (χ0n) is 42.9. The molecule has 332 valence electrons. The molecule has 12 aromatic rings. The highest BCUT2D eigenvalue weighted by Crippen LogP contribution is 2.51. The molecule has 1 aliphatic rings. The normalized spacial score (nSPS) is 13.3. The lowest BCUT2D eigenvalue weighted by Gasteiger charge is -2.28. The second-order valence-electron chi connectivity index (χ2n) is 18.7. The van der Waals surface area contributed by atoms with E-state index < -0.39 is 0 Å². The molecule has 13 rings (SSSR count). The summed E-state index contributed by atoms with van der Waals surface area (Å²) in [6.07, 6.45) is 0. The third-order valence-electron chi connectivity index (χ3n) is 14.2. The standard InChI is InChI=1S/C67H49N3/c1-67(2)63-24-14-12-22-59(63)60-40-38-57(44-64(60)67)68(52-18-8-4-9-19-52)54-35-30-48(31-36-54)49-26-27-51-43-56(37-32-50(51)42-49)69(55-33-28-47(29-34-55)46-16-6-3-7-17-46)58-39-41-62-61-23-13-15-25-65(61)70(66(62)45-58)53-20-10-5-11-21-53/h3-45H,1-2H3/i30D,31D,35D,36D. The van der Waals surface area contributed by atoms with E-state index in [4.69, 9.17) is 0 Å². The van der Waals surface area contributed by atoms with Gasteiger partial charge in [-0.1, -0.05) is 178 Å². The van der Waals surface area contributed by atoms with Crippen molar-refractivity contribution < 1.29 is 5.48 Å². The van der Waals surface area contributed by atoms with Crippen LogP contribution in [0.5, 0.6) is 0 Å². The number of rotatable bonds is 9.